The van der Waals surface area contributed by atoms with Gasteiger partial charge in [0, 0.05) is 23.5 Å². The van der Waals surface area contributed by atoms with Gasteiger partial charge in [0.25, 0.3) is 5.91 Å². The summed E-state index contributed by atoms with van der Waals surface area (Å²) in [4.78, 5) is 17.0. The van der Waals surface area contributed by atoms with Gasteiger partial charge in [-0.1, -0.05) is 37.6 Å². The summed E-state index contributed by atoms with van der Waals surface area (Å²) in [6.45, 7) is 3.39. The molecular weight excluding hydrogens is 348 g/mol. The summed E-state index contributed by atoms with van der Waals surface area (Å²) in [6, 6.07) is 11.8. The Morgan fingerprint density at radius 1 is 1.19 bits per heavy atom. The number of hydrogen-bond acceptors (Lipinski definition) is 4. The van der Waals surface area contributed by atoms with Crippen LogP contribution in [-0.4, -0.2) is 50.0 Å². The molecule has 0 spiro atoms. The van der Waals surface area contributed by atoms with Crippen LogP contribution in [0.15, 0.2) is 36.4 Å². The monoisotopic (exact) mass is 372 g/mol. The maximum Gasteiger partial charge on any atom is 0.260 e. The van der Waals surface area contributed by atoms with Gasteiger partial charge in [-0.3, -0.25) is 14.6 Å². The second-order valence-corrected chi connectivity index (χ2v) is 9.51. The fourth-order valence-electron chi connectivity index (χ4n) is 4.09. The minimum absolute atomic E-state index is 0.00210. The molecule has 0 saturated carbocycles. The molecule has 6 heteroatoms. The summed E-state index contributed by atoms with van der Waals surface area (Å²) < 4.78 is 23.9. The van der Waals surface area contributed by atoms with E-state index in [0.29, 0.717) is 13.1 Å². The third-order valence-electron chi connectivity index (χ3n) is 5.50. The first kappa shape index (κ1) is 17.5. The van der Waals surface area contributed by atoms with Crippen LogP contribution in [0, 0.1) is 0 Å². The first-order valence-corrected chi connectivity index (χ1v) is 11.1. The lowest BCUT2D eigenvalue weighted by Gasteiger charge is -2.32. The molecule has 1 atom stereocenters. The standard InChI is InChI=1S/C20H24N2O3S/c1-2-3-11-21(16-10-12-26(24,25)13-16)14-22-18-9-5-7-15-6-4-8-17(19(15)18)20(22)23/h4-9,16H,2-3,10-14H2,1H3/t16-/m1/s1. The van der Waals surface area contributed by atoms with Crippen LogP contribution in [-0.2, 0) is 9.84 Å². The smallest absolute Gasteiger partial charge is 0.260 e. The number of sulfone groups is 1. The number of hydrogen-bond donors (Lipinski definition) is 0. The van der Waals surface area contributed by atoms with Crippen LogP contribution in [0.4, 0.5) is 5.69 Å². The normalized spacial score (nSPS) is 21.2. The molecule has 138 valence electrons. The molecule has 1 amide bonds. The number of nitrogens with zero attached hydrogens (tertiary/aromatic N) is 2. The summed E-state index contributed by atoms with van der Waals surface area (Å²) >= 11 is 0. The first-order valence-electron chi connectivity index (χ1n) is 9.28. The Morgan fingerprint density at radius 3 is 2.65 bits per heavy atom. The highest BCUT2D eigenvalue weighted by molar-refractivity contribution is 7.91. The second kappa shape index (κ2) is 6.67. The second-order valence-electron chi connectivity index (χ2n) is 7.28. The van der Waals surface area contributed by atoms with Crippen molar-refractivity contribution in [3.8, 4) is 0 Å². The van der Waals surface area contributed by atoms with Crippen molar-refractivity contribution in [3.63, 3.8) is 0 Å². The molecule has 4 rings (SSSR count). The highest BCUT2D eigenvalue weighted by Gasteiger charge is 2.36. The van der Waals surface area contributed by atoms with Crippen molar-refractivity contribution in [3.05, 3.63) is 42.0 Å². The summed E-state index contributed by atoms with van der Waals surface area (Å²) in [5, 5.41) is 2.08. The highest BCUT2D eigenvalue weighted by atomic mass is 32.2. The Hall–Kier alpha value is -1.92. The van der Waals surface area contributed by atoms with E-state index in [1.54, 1.807) is 0 Å². The predicted molar refractivity (Wildman–Crippen MR) is 104 cm³/mol. The van der Waals surface area contributed by atoms with Crippen LogP contribution in [0.3, 0.4) is 0 Å². The zero-order chi connectivity index (χ0) is 18.3. The summed E-state index contributed by atoms with van der Waals surface area (Å²) in [6.07, 6.45) is 2.70. The number of carbonyl (C=O) groups is 1. The van der Waals surface area contributed by atoms with Crippen LogP contribution in [0.25, 0.3) is 10.8 Å². The lowest BCUT2D eigenvalue weighted by atomic mass is 10.1. The van der Waals surface area contributed by atoms with Gasteiger partial charge in [-0.05, 0) is 30.4 Å². The van der Waals surface area contributed by atoms with Crippen molar-refractivity contribution in [2.45, 2.75) is 32.2 Å². The van der Waals surface area contributed by atoms with Gasteiger partial charge < -0.3 is 0 Å². The van der Waals surface area contributed by atoms with E-state index in [1.807, 2.05) is 41.3 Å². The lowest BCUT2D eigenvalue weighted by Crippen LogP contribution is -2.46. The summed E-state index contributed by atoms with van der Waals surface area (Å²) in [5.74, 6) is 0.471. The average Bonchev–Trinajstić information content (AvgIpc) is 3.12. The first-order chi connectivity index (χ1) is 12.5. The summed E-state index contributed by atoms with van der Waals surface area (Å²) in [7, 11) is -2.95. The SMILES string of the molecule is CCCCN(CN1C(=O)c2cccc3cccc1c23)[C@@H]1CCS(=O)(=O)C1. The molecule has 2 aliphatic heterocycles. The highest BCUT2D eigenvalue weighted by Crippen LogP contribution is 2.37. The Balaban J connectivity index is 1.64. The van der Waals surface area contributed by atoms with Crippen LogP contribution in [0.2, 0.25) is 0 Å². The number of benzene rings is 2. The van der Waals surface area contributed by atoms with Gasteiger partial charge in [-0.25, -0.2) is 8.42 Å². The van der Waals surface area contributed by atoms with Crippen LogP contribution in [0.1, 0.15) is 36.5 Å². The number of carbonyl (C=O) groups excluding carboxylic acids is 1. The van der Waals surface area contributed by atoms with E-state index >= 15 is 0 Å². The van der Waals surface area contributed by atoms with Crippen molar-refractivity contribution in [1.29, 1.82) is 0 Å². The molecule has 2 aromatic rings. The molecular formula is C20H24N2O3S. The third-order valence-corrected chi connectivity index (χ3v) is 7.25. The molecule has 0 unspecified atom stereocenters. The molecule has 0 radical (unpaired) electrons. The number of rotatable bonds is 6. The summed E-state index contributed by atoms with van der Waals surface area (Å²) in [5.41, 5.74) is 1.68. The van der Waals surface area contributed by atoms with Gasteiger partial charge in [-0.15, -0.1) is 0 Å². The van der Waals surface area contributed by atoms with E-state index in [9.17, 15) is 13.2 Å². The molecule has 0 bridgehead atoms. The van der Waals surface area contributed by atoms with Crippen LogP contribution < -0.4 is 4.90 Å². The lowest BCUT2D eigenvalue weighted by molar-refractivity contribution is 0.0964. The Bertz CT molecular complexity index is 949. The van der Waals surface area contributed by atoms with Gasteiger partial charge in [0.2, 0.25) is 0 Å². The zero-order valence-electron chi connectivity index (χ0n) is 15.0. The fraction of sp³-hybridized carbons (Fsp3) is 0.450. The van der Waals surface area contributed by atoms with Crippen molar-refractivity contribution in [1.82, 2.24) is 4.90 Å². The Labute approximate surface area is 154 Å². The number of amides is 1. The van der Waals surface area contributed by atoms with E-state index < -0.39 is 9.84 Å². The minimum atomic E-state index is -2.95. The average molecular weight is 372 g/mol. The molecule has 1 saturated heterocycles. The van der Waals surface area contributed by atoms with E-state index in [0.717, 1.165) is 41.4 Å². The molecule has 0 aliphatic carbocycles. The van der Waals surface area contributed by atoms with E-state index in [4.69, 9.17) is 0 Å². The largest absolute Gasteiger partial charge is 0.294 e. The van der Waals surface area contributed by atoms with Gasteiger partial charge in [0.15, 0.2) is 9.84 Å². The maximum atomic E-state index is 13.0. The third kappa shape index (κ3) is 3.01. The van der Waals surface area contributed by atoms with Gasteiger partial charge in [0.1, 0.15) is 0 Å². The van der Waals surface area contributed by atoms with Crippen molar-refractivity contribution < 1.29 is 13.2 Å². The van der Waals surface area contributed by atoms with Crippen LogP contribution in [0.5, 0.6) is 0 Å². The number of anilines is 1. The van der Waals surface area contributed by atoms with Crippen molar-refractivity contribution >= 4 is 32.2 Å². The van der Waals surface area contributed by atoms with E-state index in [2.05, 4.69) is 11.8 Å². The molecule has 0 N–H and O–H groups in total. The van der Waals surface area contributed by atoms with E-state index in [-0.39, 0.29) is 23.5 Å². The molecule has 5 nitrogen and oxygen atoms in total. The van der Waals surface area contributed by atoms with Gasteiger partial charge in [0.05, 0.1) is 23.9 Å². The molecule has 1 fully saturated rings. The Kier molecular flexibility index (Phi) is 4.49. The minimum Gasteiger partial charge on any atom is -0.294 e. The molecule has 2 aliphatic rings. The number of unbranched alkanes of at least 4 members (excludes halogenated alkanes) is 1. The zero-order valence-corrected chi connectivity index (χ0v) is 15.8. The fourth-order valence-corrected chi connectivity index (χ4v) is 5.86. The van der Waals surface area contributed by atoms with Crippen molar-refractivity contribution in [2.24, 2.45) is 0 Å². The van der Waals surface area contributed by atoms with Crippen molar-refractivity contribution in [2.75, 3.05) is 29.6 Å². The molecule has 26 heavy (non-hydrogen) atoms. The Morgan fingerprint density at radius 2 is 1.96 bits per heavy atom. The topological polar surface area (TPSA) is 57.7 Å². The maximum absolute atomic E-state index is 13.0. The van der Waals surface area contributed by atoms with E-state index in [1.165, 1.54) is 0 Å². The van der Waals surface area contributed by atoms with Crippen LogP contribution >= 0.6 is 0 Å². The quantitative estimate of drug-likeness (QED) is 0.782. The molecule has 2 heterocycles. The molecule has 2 aromatic carbocycles. The molecule has 0 aromatic heterocycles. The van der Waals surface area contributed by atoms with Gasteiger partial charge in [-0.2, -0.15) is 0 Å². The predicted octanol–water partition coefficient (Wildman–Crippen LogP) is 3.05. The van der Waals surface area contributed by atoms with Gasteiger partial charge >= 0.3 is 0 Å².